The van der Waals surface area contributed by atoms with Gasteiger partial charge in [-0.3, -0.25) is 14.6 Å². The number of amides is 2. The van der Waals surface area contributed by atoms with Crippen LogP contribution < -0.4 is 5.32 Å². The van der Waals surface area contributed by atoms with Crippen LogP contribution in [0, 0.1) is 5.41 Å². The van der Waals surface area contributed by atoms with Crippen molar-refractivity contribution in [3.8, 4) is 11.3 Å². The molecular weight excluding hydrogens is 394 g/mol. The maximum absolute atomic E-state index is 13.2. The summed E-state index contributed by atoms with van der Waals surface area (Å²) >= 11 is 0. The molecule has 0 unspecified atom stereocenters. The molecule has 1 aromatic carbocycles. The highest BCUT2D eigenvalue weighted by Crippen LogP contribution is 2.35. The predicted octanol–water partition coefficient (Wildman–Crippen LogP) is 2.73. The minimum absolute atomic E-state index is 0.0793. The van der Waals surface area contributed by atoms with Crippen molar-refractivity contribution < 1.29 is 14.1 Å². The molecule has 0 radical (unpaired) electrons. The topological polar surface area (TPSA) is 101 Å². The largest absolute Gasteiger partial charge is 0.361 e. The zero-order chi connectivity index (χ0) is 21.7. The van der Waals surface area contributed by atoms with Crippen molar-refractivity contribution >= 4 is 11.8 Å². The summed E-state index contributed by atoms with van der Waals surface area (Å²) in [7, 11) is 0. The number of nitrogens with one attached hydrogen (secondary N) is 1. The Morgan fingerprint density at radius 1 is 1.23 bits per heavy atom. The second-order valence-electron chi connectivity index (χ2n) is 7.78. The number of hydrogen-bond donors (Lipinski definition) is 1. The highest BCUT2D eigenvalue weighted by molar-refractivity contribution is 5.93. The molecule has 8 nitrogen and oxygen atoms in total. The first-order valence-electron chi connectivity index (χ1n) is 10.5. The standard InChI is InChI=1S/C23H25N5O3/c1-2-25-22(30)23(14-18-13-19(27-31-18)17-7-4-3-5-8-17)9-6-12-28(16-23)21(29)20-15-24-10-11-26-20/h3-5,7-8,10-11,13,15H,2,6,9,12,14,16H2,1H3,(H,25,30)/t23-/m0/s1. The molecule has 1 aliphatic rings. The second kappa shape index (κ2) is 9.07. The van der Waals surface area contributed by atoms with E-state index >= 15 is 0 Å². The fraction of sp³-hybridized carbons (Fsp3) is 0.348. The third-order valence-corrected chi connectivity index (χ3v) is 5.61. The third kappa shape index (κ3) is 4.47. The molecule has 1 N–H and O–H groups in total. The number of aromatic nitrogens is 3. The Bertz CT molecular complexity index is 1040. The van der Waals surface area contributed by atoms with Gasteiger partial charge in [0.15, 0.2) is 0 Å². The molecule has 1 atom stereocenters. The van der Waals surface area contributed by atoms with Gasteiger partial charge in [-0.2, -0.15) is 0 Å². The van der Waals surface area contributed by atoms with E-state index in [1.807, 2.05) is 43.3 Å². The quantitative estimate of drug-likeness (QED) is 0.659. The Morgan fingerprint density at radius 2 is 2.06 bits per heavy atom. The van der Waals surface area contributed by atoms with Crippen LogP contribution in [0.4, 0.5) is 0 Å². The number of carbonyl (C=O) groups is 2. The maximum Gasteiger partial charge on any atom is 0.274 e. The summed E-state index contributed by atoms with van der Waals surface area (Å²) in [4.78, 5) is 35.9. The summed E-state index contributed by atoms with van der Waals surface area (Å²) in [6, 6.07) is 11.6. The van der Waals surface area contributed by atoms with Crippen LogP contribution in [-0.2, 0) is 11.2 Å². The predicted molar refractivity (Wildman–Crippen MR) is 114 cm³/mol. The Balaban J connectivity index is 1.59. The van der Waals surface area contributed by atoms with E-state index in [1.54, 1.807) is 4.90 Å². The van der Waals surface area contributed by atoms with Gasteiger partial charge in [0.2, 0.25) is 5.91 Å². The highest BCUT2D eigenvalue weighted by atomic mass is 16.5. The molecule has 0 saturated carbocycles. The summed E-state index contributed by atoms with van der Waals surface area (Å²) in [5, 5.41) is 7.13. The lowest BCUT2D eigenvalue weighted by Crippen LogP contribution is -2.54. The first-order chi connectivity index (χ1) is 15.1. The second-order valence-corrected chi connectivity index (χ2v) is 7.78. The molecule has 0 bridgehead atoms. The number of carbonyl (C=O) groups excluding carboxylic acids is 2. The number of hydrogen-bond acceptors (Lipinski definition) is 6. The summed E-state index contributed by atoms with van der Waals surface area (Å²) in [5.74, 6) is 0.326. The number of nitrogens with zero attached hydrogens (tertiary/aromatic N) is 4. The van der Waals surface area contributed by atoms with Gasteiger partial charge in [0.25, 0.3) is 5.91 Å². The summed E-state index contributed by atoms with van der Waals surface area (Å²) in [6.07, 6.45) is 6.21. The van der Waals surface area contributed by atoms with E-state index in [0.717, 1.165) is 11.3 Å². The van der Waals surface area contributed by atoms with E-state index in [9.17, 15) is 9.59 Å². The smallest absolute Gasteiger partial charge is 0.274 e. The van der Waals surface area contributed by atoms with Gasteiger partial charge in [-0.1, -0.05) is 35.5 Å². The molecule has 4 rings (SSSR count). The van der Waals surface area contributed by atoms with E-state index in [0.29, 0.717) is 38.1 Å². The van der Waals surface area contributed by atoms with E-state index in [1.165, 1.54) is 18.6 Å². The molecule has 0 aliphatic carbocycles. The molecule has 1 aliphatic heterocycles. The maximum atomic E-state index is 13.2. The van der Waals surface area contributed by atoms with Gasteiger partial charge in [0.1, 0.15) is 17.1 Å². The van der Waals surface area contributed by atoms with Crippen LogP contribution in [0.2, 0.25) is 0 Å². The van der Waals surface area contributed by atoms with Crippen LogP contribution in [0.3, 0.4) is 0 Å². The molecule has 2 amide bonds. The van der Waals surface area contributed by atoms with Crippen LogP contribution in [0.15, 0.2) is 59.5 Å². The molecule has 31 heavy (non-hydrogen) atoms. The Kier molecular flexibility index (Phi) is 6.06. The molecular formula is C23H25N5O3. The van der Waals surface area contributed by atoms with E-state index in [4.69, 9.17) is 4.52 Å². The number of likely N-dealkylation sites (tertiary alicyclic amines) is 1. The minimum Gasteiger partial charge on any atom is -0.361 e. The van der Waals surface area contributed by atoms with Gasteiger partial charge in [-0.05, 0) is 19.8 Å². The zero-order valence-electron chi connectivity index (χ0n) is 17.5. The molecule has 1 fully saturated rings. The number of benzene rings is 1. The van der Waals surface area contributed by atoms with Gasteiger partial charge in [0, 0.05) is 50.1 Å². The lowest BCUT2D eigenvalue weighted by molar-refractivity contribution is -0.134. The van der Waals surface area contributed by atoms with Crippen molar-refractivity contribution in [2.45, 2.75) is 26.2 Å². The normalized spacial score (nSPS) is 18.5. The van der Waals surface area contributed by atoms with Crippen molar-refractivity contribution in [2.75, 3.05) is 19.6 Å². The Hall–Kier alpha value is -3.55. The van der Waals surface area contributed by atoms with Gasteiger partial charge in [-0.15, -0.1) is 0 Å². The van der Waals surface area contributed by atoms with Gasteiger partial charge >= 0.3 is 0 Å². The molecule has 160 valence electrons. The van der Waals surface area contributed by atoms with Gasteiger partial charge in [0.05, 0.1) is 11.6 Å². The molecule has 2 aromatic heterocycles. The fourth-order valence-electron chi connectivity index (χ4n) is 4.11. The molecule has 1 saturated heterocycles. The first kappa shape index (κ1) is 20.7. The van der Waals surface area contributed by atoms with Crippen LogP contribution in [0.25, 0.3) is 11.3 Å². The van der Waals surface area contributed by atoms with E-state index in [-0.39, 0.29) is 24.1 Å². The van der Waals surface area contributed by atoms with Crippen LogP contribution in [-0.4, -0.2) is 51.5 Å². The van der Waals surface area contributed by atoms with Crippen molar-refractivity contribution in [3.05, 3.63) is 66.4 Å². The van der Waals surface area contributed by atoms with Crippen molar-refractivity contribution in [1.82, 2.24) is 25.3 Å². The first-order valence-corrected chi connectivity index (χ1v) is 10.5. The fourth-order valence-corrected chi connectivity index (χ4v) is 4.11. The third-order valence-electron chi connectivity index (χ3n) is 5.61. The van der Waals surface area contributed by atoms with E-state index < -0.39 is 5.41 Å². The van der Waals surface area contributed by atoms with Crippen molar-refractivity contribution in [3.63, 3.8) is 0 Å². The zero-order valence-corrected chi connectivity index (χ0v) is 17.5. The highest BCUT2D eigenvalue weighted by Gasteiger charge is 2.44. The average Bonchev–Trinajstić information content (AvgIpc) is 3.28. The minimum atomic E-state index is -0.792. The number of rotatable bonds is 6. The molecule has 0 spiro atoms. The van der Waals surface area contributed by atoms with Gasteiger partial charge in [-0.25, -0.2) is 4.98 Å². The molecule has 3 heterocycles. The van der Waals surface area contributed by atoms with Crippen molar-refractivity contribution in [1.29, 1.82) is 0 Å². The monoisotopic (exact) mass is 419 g/mol. The summed E-state index contributed by atoms with van der Waals surface area (Å²) < 4.78 is 5.60. The molecule has 8 heteroatoms. The average molecular weight is 419 g/mol. The van der Waals surface area contributed by atoms with Crippen LogP contribution in [0.1, 0.15) is 36.0 Å². The lowest BCUT2D eigenvalue weighted by Gasteiger charge is -2.41. The van der Waals surface area contributed by atoms with Crippen LogP contribution in [0.5, 0.6) is 0 Å². The Morgan fingerprint density at radius 3 is 2.81 bits per heavy atom. The SMILES string of the molecule is CCNC(=O)[C@]1(Cc2cc(-c3ccccc3)no2)CCCN(C(=O)c2cnccn2)C1. The number of piperidine rings is 1. The van der Waals surface area contributed by atoms with Crippen LogP contribution >= 0.6 is 0 Å². The van der Waals surface area contributed by atoms with E-state index in [2.05, 4.69) is 20.4 Å². The Labute approximate surface area is 180 Å². The van der Waals surface area contributed by atoms with Gasteiger partial charge < -0.3 is 14.7 Å². The molecule has 3 aromatic rings. The summed E-state index contributed by atoms with van der Waals surface area (Å²) in [5.41, 5.74) is 1.16. The van der Waals surface area contributed by atoms with Crippen molar-refractivity contribution in [2.24, 2.45) is 5.41 Å². The lowest BCUT2D eigenvalue weighted by atomic mass is 9.75. The summed E-state index contributed by atoms with van der Waals surface area (Å²) in [6.45, 7) is 3.26.